The number of nitrogens with one attached hydrogen (secondary N) is 2. The molecule has 0 spiro atoms. The zero-order valence-corrected chi connectivity index (χ0v) is 6.79. The maximum atomic E-state index is 11.1. The van der Waals surface area contributed by atoms with E-state index < -0.39 is 0 Å². The molecule has 0 aliphatic heterocycles. The van der Waals surface area contributed by atoms with Crippen molar-refractivity contribution < 1.29 is 9.90 Å². The Labute approximate surface area is 69.8 Å². The third-order valence-electron chi connectivity index (χ3n) is 1.34. The van der Waals surface area contributed by atoms with Crippen LogP contribution in [0.5, 0.6) is 0 Å². The lowest BCUT2D eigenvalue weighted by Gasteiger charge is -1.97. The summed E-state index contributed by atoms with van der Waals surface area (Å²) in [5.74, 6) is -0.270. The molecule has 3 N–H and O–H groups in total. The van der Waals surface area contributed by atoms with Gasteiger partial charge >= 0.3 is 0 Å². The number of aromatic nitrogens is 2. The van der Waals surface area contributed by atoms with Crippen molar-refractivity contribution in [3.8, 4) is 0 Å². The van der Waals surface area contributed by atoms with Crippen LogP contribution in [0.4, 0.5) is 0 Å². The SMILES string of the molecule is Cc1cc(C(=O)NCCO)n[nH]1. The molecule has 0 unspecified atom stereocenters. The largest absolute Gasteiger partial charge is 0.395 e. The second-order valence-corrected chi connectivity index (χ2v) is 2.42. The van der Waals surface area contributed by atoms with Gasteiger partial charge < -0.3 is 10.4 Å². The van der Waals surface area contributed by atoms with Gasteiger partial charge in [0.05, 0.1) is 6.61 Å². The number of aliphatic hydroxyl groups is 1. The number of carbonyl (C=O) groups excluding carboxylic acids is 1. The summed E-state index contributed by atoms with van der Waals surface area (Å²) in [6, 6.07) is 1.65. The second-order valence-electron chi connectivity index (χ2n) is 2.42. The van der Waals surface area contributed by atoms with Gasteiger partial charge in [-0.3, -0.25) is 9.89 Å². The molecule has 12 heavy (non-hydrogen) atoms. The molecule has 0 aromatic carbocycles. The molecule has 0 aliphatic carbocycles. The molecule has 0 saturated heterocycles. The van der Waals surface area contributed by atoms with E-state index in [1.54, 1.807) is 6.07 Å². The minimum Gasteiger partial charge on any atom is -0.395 e. The summed E-state index contributed by atoms with van der Waals surface area (Å²) < 4.78 is 0. The maximum Gasteiger partial charge on any atom is 0.271 e. The first-order valence-electron chi connectivity index (χ1n) is 3.65. The first-order chi connectivity index (χ1) is 5.74. The average molecular weight is 169 g/mol. The summed E-state index contributed by atoms with van der Waals surface area (Å²) in [7, 11) is 0. The van der Waals surface area contributed by atoms with Crippen LogP contribution in [-0.4, -0.2) is 34.4 Å². The van der Waals surface area contributed by atoms with Crippen molar-refractivity contribution in [3.05, 3.63) is 17.5 Å². The first kappa shape index (κ1) is 8.73. The number of aliphatic hydroxyl groups excluding tert-OH is 1. The molecule has 0 radical (unpaired) electrons. The predicted octanol–water partition coefficient (Wildman–Crippen LogP) is -0.560. The maximum absolute atomic E-state index is 11.1. The molecule has 0 saturated carbocycles. The standard InChI is InChI=1S/C7H11N3O2/c1-5-4-6(10-9-5)7(12)8-2-3-11/h4,11H,2-3H2,1H3,(H,8,12)(H,9,10). The van der Waals surface area contributed by atoms with E-state index >= 15 is 0 Å². The fraction of sp³-hybridized carbons (Fsp3) is 0.429. The number of rotatable bonds is 3. The van der Waals surface area contributed by atoms with E-state index in [2.05, 4.69) is 15.5 Å². The molecule has 0 atom stereocenters. The van der Waals surface area contributed by atoms with E-state index in [0.29, 0.717) is 5.69 Å². The van der Waals surface area contributed by atoms with Gasteiger partial charge in [0.1, 0.15) is 5.69 Å². The summed E-state index contributed by atoms with van der Waals surface area (Å²) in [6.45, 7) is 2.01. The molecule has 1 rings (SSSR count). The highest BCUT2D eigenvalue weighted by Gasteiger charge is 2.06. The Morgan fingerprint density at radius 2 is 2.58 bits per heavy atom. The number of nitrogens with zero attached hydrogens (tertiary/aromatic N) is 1. The Hall–Kier alpha value is -1.36. The van der Waals surface area contributed by atoms with Crippen LogP contribution in [0.25, 0.3) is 0 Å². The summed E-state index contributed by atoms with van der Waals surface area (Å²) >= 11 is 0. The molecule has 5 heteroatoms. The lowest BCUT2D eigenvalue weighted by Crippen LogP contribution is -2.26. The number of amides is 1. The van der Waals surface area contributed by atoms with E-state index in [-0.39, 0.29) is 19.1 Å². The topological polar surface area (TPSA) is 78.0 Å². The van der Waals surface area contributed by atoms with Crippen LogP contribution in [0.2, 0.25) is 0 Å². The Morgan fingerprint density at radius 3 is 3.08 bits per heavy atom. The predicted molar refractivity (Wildman–Crippen MR) is 42.7 cm³/mol. The molecule has 5 nitrogen and oxygen atoms in total. The Balaban J connectivity index is 2.53. The van der Waals surface area contributed by atoms with Gasteiger partial charge in [-0.25, -0.2) is 0 Å². The lowest BCUT2D eigenvalue weighted by atomic mass is 10.3. The second kappa shape index (κ2) is 3.87. The molecule has 0 fully saturated rings. The number of hydrogen-bond donors (Lipinski definition) is 3. The summed E-state index contributed by atoms with van der Waals surface area (Å²) in [5.41, 5.74) is 1.19. The van der Waals surface area contributed by atoms with Gasteiger partial charge in [-0.05, 0) is 13.0 Å². The Bertz CT molecular complexity index is 269. The fourth-order valence-corrected chi connectivity index (χ4v) is 0.794. The van der Waals surface area contributed by atoms with Crippen LogP contribution < -0.4 is 5.32 Å². The number of hydrogen-bond acceptors (Lipinski definition) is 3. The van der Waals surface area contributed by atoms with Crippen LogP contribution in [0, 0.1) is 6.92 Å². The van der Waals surface area contributed by atoms with Crippen molar-refractivity contribution in [1.82, 2.24) is 15.5 Å². The normalized spacial score (nSPS) is 9.83. The van der Waals surface area contributed by atoms with E-state index in [1.165, 1.54) is 0 Å². The molecule has 1 aromatic rings. The van der Waals surface area contributed by atoms with Crippen molar-refractivity contribution in [2.24, 2.45) is 0 Å². The average Bonchev–Trinajstić information content (AvgIpc) is 2.47. The Kier molecular flexibility index (Phi) is 2.82. The third-order valence-corrected chi connectivity index (χ3v) is 1.34. The van der Waals surface area contributed by atoms with Gasteiger partial charge in [0, 0.05) is 12.2 Å². The van der Waals surface area contributed by atoms with Gasteiger partial charge in [-0.1, -0.05) is 0 Å². The Morgan fingerprint density at radius 1 is 1.83 bits per heavy atom. The molecule has 1 aromatic heterocycles. The van der Waals surface area contributed by atoms with Crippen LogP contribution in [0.15, 0.2) is 6.07 Å². The molecule has 1 amide bonds. The highest BCUT2D eigenvalue weighted by molar-refractivity contribution is 5.92. The van der Waals surface area contributed by atoms with Crippen molar-refractivity contribution in [3.63, 3.8) is 0 Å². The minimum atomic E-state index is -0.270. The number of H-pyrrole nitrogens is 1. The molecule has 66 valence electrons. The fourth-order valence-electron chi connectivity index (χ4n) is 0.794. The van der Waals surface area contributed by atoms with Crippen molar-refractivity contribution in [2.45, 2.75) is 6.92 Å². The summed E-state index contributed by atoms with van der Waals surface area (Å²) in [5, 5.41) is 17.3. The first-order valence-corrected chi connectivity index (χ1v) is 3.65. The molecule has 0 bridgehead atoms. The summed E-state index contributed by atoms with van der Waals surface area (Å²) in [6.07, 6.45) is 0. The minimum absolute atomic E-state index is 0.0604. The van der Waals surface area contributed by atoms with Gasteiger partial charge in [-0.2, -0.15) is 5.10 Å². The number of aromatic amines is 1. The quantitative estimate of drug-likeness (QED) is 0.567. The zero-order chi connectivity index (χ0) is 8.97. The monoisotopic (exact) mass is 169 g/mol. The molecular formula is C7H11N3O2. The lowest BCUT2D eigenvalue weighted by molar-refractivity contribution is 0.0940. The molecular weight excluding hydrogens is 158 g/mol. The molecule has 0 aliphatic rings. The highest BCUT2D eigenvalue weighted by Crippen LogP contribution is 1.96. The van der Waals surface area contributed by atoms with Crippen LogP contribution in [0.1, 0.15) is 16.2 Å². The smallest absolute Gasteiger partial charge is 0.271 e. The van der Waals surface area contributed by atoms with Crippen molar-refractivity contribution >= 4 is 5.91 Å². The van der Waals surface area contributed by atoms with Crippen LogP contribution >= 0.6 is 0 Å². The number of aryl methyl sites for hydroxylation is 1. The van der Waals surface area contributed by atoms with Gasteiger partial charge in [0.2, 0.25) is 0 Å². The summed E-state index contributed by atoms with van der Waals surface area (Å²) in [4.78, 5) is 11.1. The van der Waals surface area contributed by atoms with Gasteiger partial charge in [-0.15, -0.1) is 0 Å². The van der Waals surface area contributed by atoms with E-state index in [0.717, 1.165) is 5.69 Å². The highest BCUT2D eigenvalue weighted by atomic mass is 16.3. The zero-order valence-electron chi connectivity index (χ0n) is 6.79. The van der Waals surface area contributed by atoms with Gasteiger partial charge in [0.25, 0.3) is 5.91 Å². The van der Waals surface area contributed by atoms with E-state index in [4.69, 9.17) is 5.11 Å². The van der Waals surface area contributed by atoms with Crippen molar-refractivity contribution in [1.29, 1.82) is 0 Å². The third kappa shape index (κ3) is 2.06. The van der Waals surface area contributed by atoms with Crippen LogP contribution in [-0.2, 0) is 0 Å². The van der Waals surface area contributed by atoms with E-state index in [9.17, 15) is 4.79 Å². The number of carbonyl (C=O) groups is 1. The van der Waals surface area contributed by atoms with Crippen molar-refractivity contribution in [2.75, 3.05) is 13.2 Å². The van der Waals surface area contributed by atoms with E-state index in [1.807, 2.05) is 6.92 Å². The molecule has 1 heterocycles. The van der Waals surface area contributed by atoms with Gasteiger partial charge in [0.15, 0.2) is 0 Å². The van der Waals surface area contributed by atoms with Crippen LogP contribution in [0.3, 0.4) is 0 Å².